The molecule has 0 bridgehead atoms. The van der Waals surface area contributed by atoms with Gasteiger partial charge in [-0.05, 0) is 54.2 Å². The average molecular weight is 187 g/mol. The van der Waals surface area contributed by atoms with Gasteiger partial charge in [-0.1, -0.05) is 19.1 Å². The molecule has 14 heavy (non-hydrogen) atoms. The molecule has 0 aliphatic heterocycles. The molecule has 1 heteroatoms. The smallest absolute Gasteiger partial charge is 0.0384 e. The Morgan fingerprint density at radius 3 is 2.64 bits per heavy atom. The maximum absolute atomic E-state index is 6.20. The lowest BCUT2D eigenvalue weighted by Gasteiger charge is -2.25. The first-order valence-corrected chi connectivity index (χ1v) is 5.67. The second kappa shape index (κ2) is 2.75. The summed E-state index contributed by atoms with van der Waals surface area (Å²) in [6, 6.07) is 4.54. The summed E-state index contributed by atoms with van der Waals surface area (Å²) < 4.78 is 0. The minimum absolute atomic E-state index is 0.681. The minimum atomic E-state index is 0.681. The van der Waals surface area contributed by atoms with Crippen LogP contribution in [0.1, 0.15) is 42.4 Å². The first-order valence-electron chi connectivity index (χ1n) is 5.67. The number of hydrogen-bond donors (Lipinski definition) is 1. The van der Waals surface area contributed by atoms with E-state index in [0.29, 0.717) is 5.92 Å². The number of rotatable bonds is 2. The SMILES string of the molecule is C[C@H](c1ccc2c(c1N)CC2)C1CC1. The highest BCUT2D eigenvalue weighted by Crippen LogP contribution is 2.45. The molecular weight excluding hydrogens is 170 g/mol. The van der Waals surface area contributed by atoms with Gasteiger partial charge in [0.15, 0.2) is 0 Å². The molecule has 0 saturated heterocycles. The molecule has 2 aliphatic rings. The van der Waals surface area contributed by atoms with Crippen LogP contribution < -0.4 is 5.73 Å². The Hall–Kier alpha value is -0.980. The summed E-state index contributed by atoms with van der Waals surface area (Å²) in [5.74, 6) is 1.59. The van der Waals surface area contributed by atoms with E-state index in [4.69, 9.17) is 5.73 Å². The van der Waals surface area contributed by atoms with Crippen molar-refractivity contribution in [3.63, 3.8) is 0 Å². The number of hydrogen-bond acceptors (Lipinski definition) is 1. The Bertz CT molecular complexity index is 377. The fourth-order valence-electron chi connectivity index (χ4n) is 2.59. The number of nitrogen functional groups attached to an aromatic ring is 1. The third-order valence-electron chi connectivity index (χ3n) is 3.95. The molecule has 0 radical (unpaired) electrons. The summed E-state index contributed by atoms with van der Waals surface area (Å²) in [4.78, 5) is 0. The highest BCUT2D eigenvalue weighted by atomic mass is 14.6. The van der Waals surface area contributed by atoms with Gasteiger partial charge in [-0.15, -0.1) is 0 Å². The average Bonchev–Trinajstić information content (AvgIpc) is 2.90. The van der Waals surface area contributed by atoms with Gasteiger partial charge in [0.25, 0.3) is 0 Å². The third kappa shape index (κ3) is 1.08. The quantitative estimate of drug-likeness (QED) is 0.708. The van der Waals surface area contributed by atoms with Crippen LogP contribution in [0, 0.1) is 5.92 Å². The summed E-state index contributed by atoms with van der Waals surface area (Å²) in [6.45, 7) is 2.33. The summed E-state index contributed by atoms with van der Waals surface area (Å²) in [7, 11) is 0. The van der Waals surface area contributed by atoms with E-state index in [0.717, 1.165) is 11.6 Å². The van der Waals surface area contributed by atoms with Crippen molar-refractivity contribution >= 4 is 5.69 Å². The van der Waals surface area contributed by atoms with Crippen molar-refractivity contribution in [1.29, 1.82) is 0 Å². The maximum atomic E-state index is 6.20. The zero-order valence-electron chi connectivity index (χ0n) is 8.72. The Morgan fingerprint density at radius 1 is 1.29 bits per heavy atom. The summed E-state index contributed by atoms with van der Waals surface area (Å²) in [5, 5.41) is 0. The predicted octanol–water partition coefficient (Wildman–Crippen LogP) is 2.88. The summed E-state index contributed by atoms with van der Waals surface area (Å²) in [6.07, 6.45) is 5.24. The van der Waals surface area contributed by atoms with Crippen LogP contribution in [0.2, 0.25) is 0 Å². The lowest BCUT2D eigenvalue weighted by molar-refractivity contribution is 0.662. The molecule has 1 aromatic carbocycles. The van der Waals surface area contributed by atoms with Gasteiger partial charge in [0.05, 0.1) is 0 Å². The van der Waals surface area contributed by atoms with Crippen LogP contribution >= 0.6 is 0 Å². The Balaban J connectivity index is 2.00. The lowest BCUT2D eigenvalue weighted by atomic mass is 9.82. The highest BCUT2D eigenvalue weighted by Gasteiger charge is 2.31. The van der Waals surface area contributed by atoms with Gasteiger partial charge in [0.1, 0.15) is 0 Å². The predicted molar refractivity (Wildman–Crippen MR) is 59.4 cm³/mol. The summed E-state index contributed by atoms with van der Waals surface area (Å²) in [5.41, 5.74) is 11.6. The van der Waals surface area contributed by atoms with Crippen molar-refractivity contribution in [2.45, 2.75) is 38.5 Å². The van der Waals surface area contributed by atoms with Gasteiger partial charge in [-0.25, -0.2) is 0 Å². The van der Waals surface area contributed by atoms with E-state index in [-0.39, 0.29) is 0 Å². The number of benzene rings is 1. The van der Waals surface area contributed by atoms with Gasteiger partial charge in [0.2, 0.25) is 0 Å². The normalized spacial score (nSPS) is 21.2. The largest absolute Gasteiger partial charge is 0.398 e. The Labute approximate surface area is 85.3 Å². The molecule has 1 fully saturated rings. The molecule has 3 rings (SSSR count). The molecule has 1 atom stereocenters. The van der Waals surface area contributed by atoms with Gasteiger partial charge in [-0.3, -0.25) is 0 Å². The van der Waals surface area contributed by atoms with Crippen molar-refractivity contribution < 1.29 is 0 Å². The minimum Gasteiger partial charge on any atom is -0.398 e. The van der Waals surface area contributed by atoms with E-state index < -0.39 is 0 Å². The van der Waals surface area contributed by atoms with Crippen LogP contribution in [0.3, 0.4) is 0 Å². The molecule has 1 nitrogen and oxygen atoms in total. The van der Waals surface area contributed by atoms with Gasteiger partial charge >= 0.3 is 0 Å². The molecular formula is C13H17N. The van der Waals surface area contributed by atoms with Gasteiger partial charge in [0, 0.05) is 5.69 Å². The Kier molecular flexibility index (Phi) is 1.64. The molecule has 0 heterocycles. The number of anilines is 1. The fourth-order valence-corrected chi connectivity index (χ4v) is 2.59. The topological polar surface area (TPSA) is 26.0 Å². The molecule has 0 unspecified atom stereocenters. The molecule has 0 spiro atoms. The molecule has 1 aromatic rings. The van der Waals surface area contributed by atoms with E-state index in [1.807, 2.05) is 0 Å². The fraction of sp³-hybridized carbons (Fsp3) is 0.538. The van der Waals surface area contributed by atoms with E-state index in [1.54, 1.807) is 0 Å². The van der Waals surface area contributed by atoms with E-state index >= 15 is 0 Å². The monoisotopic (exact) mass is 187 g/mol. The zero-order valence-corrected chi connectivity index (χ0v) is 8.72. The van der Waals surface area contributed by atoms with Gasteiger partial charge in [-0.2, -0.15) is 0 Å². The molecule has 1 saturated carbocycles. The van der Waals surface area contributed by atoms with Crippen molar-refractivity contribution in [3.8, 4) is 0 Å². The van der Waals surface area contributed by atoms with Gasteiger partial charge < -0.3 is 5.73 Å². The van der Waals surface area contributed by atoms with Crippen molar-refractivity contribution in [1.82, 2.24) is 0 Å². The van der Waals surface area contributed by atoms with Crippen LogP contribution in [0.5, 0.6) is 0 Å². The van der Waals surface area contributed by atoms with Crippen molar-refractivity contribution in [2.24, 2.45) is 5.92 Å². The van der Waals surface area contributed by atoms with Crippen molar-refractivity contribution in [3.05, 3.63) is 28.8 Å². The van der Waals surface area contributed by atoms with Crippen LogP contribution in [0.4, 0.5) is 5.69 Å². The molecule has 74 valence electrons. The van der Waals surface area contributed by atoms with Crippen LogP contribution in [-0.2, 0) is 12.8 Å². The zero-order chi connectivity index (χ0) is 9.71. The number of nitrogens with two attached hydrogens (primary N) is 1. The van der Waals surface area contributed by atoms with E-state index in [9.17, 15) is 0 Å². The Morgan fingerprint density at radius 2 is 2.07 bits per heavy atom. The number of fused-ring (bicyclic) bond motifs is 1. The molecule has 0 aromatic heterocycles. The second-order valence-electron chi connectivity index (χ2n) is 4.83. The maximum Gasteiger partial charge on any atom is 0.0384 e. The third-order valence-corrected chi connectivity index (χ3v) is 3.95. The first kappa shape index (κ1) is 8.34. The summed E-state index contributed by atoms with van der Waals surface area (Å²) >= 11 is 0. The van der Waals surface area contributed by atoms with E-state index in [2.05, 4.69) is 19.1 Å². The van der Waals surface area contributed by atoms with Crippen LogP contribution in [-0.4, -0.2) is 0 Å². The lowest BCUT2D eigenvalue weighted by Crippen LogP contribution is -2.14. The van der Waals surface area contributed by atoms with Crippen molar-refractivity contribution in [2.75, 3.05) is 5.73 Å². The molecule has 2 aliphatic carbocycles. The highest BCUT2D eigenvalue weighted by molar-refractivity contribution is 5.61. The standard InChI is InChI=1S/C13H17N/c1-8(9-2-3-9)11-6-4-10-5-7-12(10)13(11)14/h4,6,8-9H,2-3,5,7,14H2,1H3/t8-/m0/s1. The first-order chi connectivity index (χ1) is 6.77. The number of aryl methyl sites for hydroxylation is 1. The van der Waals surface area contributed by atoms with E-state index in [1.165, 1.54) is 42.4 Å². The van der Waals surface area contributed by atoms with Crippen LogP contribution in [0.15, 0.2) is 12.1 Å². The van der Waals surface area contributed by atoms with Crippen LogP contribution in [0.25, 0.3) is 0 Å². The second-order valence-corrected chi connectivity index (χ2v) is 4.83. The molecule has 0 amide bonds. The molecule has 2 N–H and O–H groups in total.